The van der Waals surface area contributed by atoms with Gasteiger partial charge < -0.3 is 10.4 Å². The first-order chi connectivity index (χ1) is 7.74. The van der Waals surface area contributed by atoms with E-state index in [0.29, 0.717) is 11.1 Å². The van der Waals surface area contributed by atoms with Gasteiger partial charge in [-0.3, -0.25) is 0 Å². The van der Waals surface area contributed by atoms with Gasteiger partial charge >= 0.3 is 0 Å². The van der Waals surface area contributed by atoms with Crippen LogP contribution >= 0.6 is 11.6 Å². The fraction of sp³-hybridized carbons (Fsp3) is 0.538. The number of phenols is 1. The summed E-state index contributed by atoms with van der Waals surface area (Å²) in [7, 11) is 0. The molecule has 2 fully saturated rings. The smallest absolute Gasteiger partial charge is 0.134 e. The first kappa shape index (κ1) is 10.3. The molecule has 0 amide bonds. The summed E-state index contributed by atoms with van der Waals surface area (Å²) in [6.45, 7) is 0. The lowest BCUT2D eigenvalue weighted by molar-refractivity contribution is 0.475. The standard InChI is InChI=1S/C13H16ClNO/c14-11-7-10(5-6-12(11)16)15-13(8-1-2-8)9-3-4-9/h5-9,13,15-16H,1-4H2. The van der Waals surface area contributed by atoms with Gasteiger partial charge in [-0.1, -0.05) is 11.6 Å². The third kappa shape index (κ3) is 2.12. The van der Waals surface area contributed by atoms with Crippen molar-refractivity contribution in [1.29, 1.82) is 0 Å². The molecular weight excluding hydrogens is 222 g/mol. The third-order valence-corrected chi connectivity index (χ3v) is 3.84. The molecule has 3 rings (SSSR count). The van der Waals surface area contributed by atoms with Crippen LogP contribution in [0.2, 0.25) is 5.02 Å². The summed E-state index contributed by atoms with van der Waals surface area (Å²) >= 11 is 5.90. The number of halogens is 1. The number of rotatable bonds is 4. The molecule has 16 heavy (non-hydrogen) atoms. The predicted octanol–water partition coefficient (Wildman–Crippen LogP) is 3.65. The highest BCUT2D eigenvalue weighted by atomic mass is 35.5. The zero-order valence-corrected chi connectivity index (χ0v) is 9.87. The lowest BCUT2D eigenvalue weighted by atomic mass is 10.1. The first-order valence-electron chi connectivity index (χ1n) is 5.99. The van der Waals surface area contributed by atoms with E-state index in [4.69, 9.17) is 11.6 Å². The van der Waals surface area contributed by atoms with Gasteiger partial charge in [0.15, 0.2) is 0 Å². The fourth-order valence-electron chi connectivity index (χ4n) is 2.32. The molecule has 3 heteroatoms. The zero-order chi connectivity index (χ0) is 11.1. The van der Waals surface area contributed by atoms with E-state index >= 15 is 0 Å². The van der Waals surface area contributed by atoms with Crippen LogP contribution in [0.15, 0.2) is 18.2 Å². The summed E-state index contributed by atoms with van der Waals surface area (Å²) in [6, 6.07) is 6.00. The second-order valence-electron chi connectivity index (χ2n) is 5.01. The van der Waals surface area contributed by atoms with Gasteiger partial charge in [-0.15, -0.1) is 0 Å². The number of phenolic OH excluding ortho intramolecular Hbond substituents is 1. The topological polar surface area (TPSA) is 32.3 Å². The van der Waals surface area contributed by atoms with E-state index in [9.17, 15) is 5.11 Å². The lowest BCUT2D eigenvalue weighted by Gasteiger charge is -2.19. The molecule has 0 unspecified atom stereocenters. The molecule has 0 aliphatic heterocycles. The molecule has 0 heterocycles. The predicted molar refractivity (Wildman–Crippen MR) is 66.0 cm³/mol. The molecule has 0 atom stereocenters. The van der Waals surface area contributed by atoms with E-state index in [1.54, 1.807) is 6.07 Å². The Balaban J connectivity index is 1.73. The second-order valence-corrected chi connectivity index (χ2v) is 5.42. The Labute approximate surface area is 101 Å². The Morgan fingerprint density at radius 1 is 1.19 bits per heavy atom. The molecule has 0 saturated heterocycles. The van der Waals surface area contributed by atoms with Crippen molar-refractivity contribution >= 4 is 17.3 Å². The summed E-state index contributed by atoms with van der Waals surface area (Å²) in [4.78, 5) is 0. The summed E-state index contributed by atoms with van der Waals surface area (Å²) in [5.41, 5.74) is 1.03. The van der Waals surface area contributed by atoms with Crippen molar-refractivity contribution < 1.29 is 5.11 Å². The van der Waals surface area contributed by atoms with Crippen LogP contribution in [0.3, 0.4) is 0 Å². The van der Waals surface area contributed by atoms with Crippen LogP contribution in [0.25, 0.3) is 0 Å². The molecule has 0 aromatic heterocycles. The van der Waals surface area contributed by atoms with Crippen LogP contribution in [0.1, 0.15) is 25.7 Å². The van der Waals surface area contributed by atoms with Crippen molar-refractivity contribution in [3.05, 3.63) is 23.2 Å². The minimum absolute atomic E-state index is 0.154. The van der Waals surface area contributed by atoms with Gasteiger partial charge in [0.25, 0.3) is 0 Å². The molecule has 2 aliphatic carbocycles. The maximum atomic E-state index is 9.36. The molecule has 0 bridgehead atoms. The third-order valence-electron chi connectivity index (χ3n) is 3.54. The zero-order valence-electron chi connectivity index (χ0n) is 9.12. The largest absolute Gasteiger partial charge is 0.506 e. The molecule has 1 aromatic rings. The minimum atomic E-state index is 0.154. The molecule has 2 aliphatic rings. The normalized spacial score (nSPS) is 20.1. The van der Waals surface area contributed by atoms with Crippen LogP contribution in [-0.4, -0.2) is 11.1 Å². The van der Waals surface area contributed by atoms with E-state index in [2.05, 4.69) is 5.32 Å². The number of anilines is 1. The van der Waals surface area contributed by atoms with Crippen LogP contribution in [-0.2, 0) is 0 Å². The van der Waals surface area contributed by atoms with Crippen molar-refractivity contribution in [2.24, 2.45) is 11.8 Å². The number of hydrogen-bond acceptors (Lipinski definition) is 2. The van der Waals surface area contributed by atoms with E-state index in [1.165, 1.54) is 25.7 Å². The van der Waals surface area contributed by atoms with Crippen LogP contribution in [0.5, 0.6) is 5.75 Å². The molecule has 2 saturated carbocycles. The number of benzene rings is 1. The summed E-state index contributed by atoms with van der Waals surface area (Å²) < 4.78 is 0. The fourth-order valence-corrected chi connectivity index (χ4v) is 2.50. The Morgan fingerprint density at radius 2 is 1.81 bits per heavy atom. The van der Waals surface area contributed by atoms with Gasteiger partial charge in [-0.25, -0.2) is 0 Å². The van der Waals surface area contributed by atoms with Crippen molar-refractivity contribution in [2.75, 3.05) is 5.32 Å². The number of hydrogen-bond donors (Lipinski definition) is 2. The van der Waals surface area contributed by atoms with Crippen LogP contribution < -0.4 is 5.32 Å². The second kappa shape index (κ2) is 3.85. The summed E-state index contributed by atoms with van der Waals surface area (Å²) in [5.74, 6) is 1.88. The van der Waals surface area contributed by atoms with Gasteiger partial charge in [-0.05, 0) is 55.7 Å². The van der Waals surface area contributed by atoms with Crippen molar-refractivity contribution in [1.82, 2.24) is 0 Å². The molecule has 86 valence electrons. The molecule has 0 spiro atoms. The Kier molecular flexibility index (Phi) is 2.47. The average molecular weight is 238 g/mol. The quantitative estimate of drug-likeness (QED) is 0.784. The van der Waals surface area contributed by atoms with Gasteiger partial charge in [-0.2, -0.15) is 0 Å². The SMILES string of the molecule is Oc1ccc(NC(C2CC2)C2CC2)cc1Cl. The minimum Gasteiger partial charge on any atom is -0.506 e. The van der Waals surface area contributed by atoms with Crippen molar-refractivity contribution in [2.45, 2.75) is 31.7 Å². The molecular formula is C13H16ClNO. The van der Waals surface area contributed by atoms with Gasteiger partial charge in [0.05, 0.1) is 5.02 Å². The highest BCUT2D eigenvalue weighted by Gasteiger charge is 2.41. The van der Waals surface area contributed by atoms with Crippen LogP contribution in [0.4, 0.5) is 5.69 Å². The van der Waals surface area contributed by atoms with Gasteiger partial charge in [0.2, 0.25) is 0 Å². The van der Waals surface area contributed by atoms with E-state index in [0.717, 1.165) is 17.5 Å². The molecule has 0 radical (unpaired) electrons. The molecule has 2 nitrogen and oxygen atoms in total. The highest BCUT2D eigenvalue weighted by Crippen LogP contribution is 2.46. The molecule has 1 aromatic carbocycles. The van der Waals surface area contributed by atoms with Crippen molar-refractivity contribution in [3.8, 4) is 5.75 Å². The maximum Gasteiger partial charge on any atom is 0.134 e. The molecule has 2 N–H and O–H groups in total. The maximum absolute atomic E-state index is 9.36. The monoisotopic (exact) mass is 237 g/mol. The highest BCUT2D eigenvalue weighted by molar-refractivity contribution is 6.32. The summed E-state index contributed by atoms with van der Waals surface area (Å²) in [6.07, 6.45) is 5.44. The Morgan fingerprint density at radius 3 is 2.31 bits per heavy atom. The Hall–Kier alpha value is -0.890. The summed E-state index contributed by atoms with van der Waals surface area (Å²) in [5, 5.41) is 13.4. The lowest BCUT2D eigenvalue weighted by Crippen LogP contribution is -2.24. The van der Waals surface area contributed by atoms with Gasteiger partial charge in [0, 0.05) is 11.7 Å². The number of nitrogens with one attached hydrogen (secondary N) is 1. The van der Waals surface area contributed by atoms with Gasteiger partial charge in [0.1, 0.15) is 5.75 Å². The first-order valence-corrected chi connectivity index (χ1v) is 6.37. The van der Waals surface area contributed by atoms with E-state index < -0.39 is 0 Å². The van der Waals surface area contributed by atoms with E-state index in [1.807, 2.05) is 12.1 Å². The van der Waals surface area contributed by atoms with Crippen molar-refractivity contribution in [3.63, 3.8) is 0 Å². The Bertz CT molecular complexity index is 387. The number of aromatic hydroxyl groups is 1. The van der Waals surface area contributed by atoms with E-state index in [-0.39, 0.29) is 5.75 Å². The van der Waals surface area contributed by atoms with Crippen LogP contribution in [0, 0.1) is 11.8 Å². The average Bonchev–Trinajstić information content (AvgIpc) is 3.14.